The van der Waals surface area contributed by atoms with Gasteiger partial charge in [-0.05, 0) is 50.5 Å². The topological polar surface area (TPSA) is 69.2 Å². The first-order valence-electron chi connectivity index (χ1n) is 9.04. The average molecular weight is 306 g/mol. The lowest BCUT2D eigenvalue weighted by molar-refractivity contribution is -0.429. The van der Waals surface area contributed by atoms with E-state index in [1.165, 1.54) is 32.1 Å². The number of hydrogen-bond acceptors (Lipinski definition) is 3. The molecule has 0 radical (unpaired) electrons. The summed E-state index contributed by atoms with van der Waals surface area (Å²) < 4.78 is 0. The van der Waals surface area contributed by atoms with Gasteiger partial charge in [-0.25, -0.2) is 0 Å². The molecule has 0 heterocycles. The third-order valence-electron chi connectivity index (χ3n) is 5.03. The number of allylic oxidation sites excluding steroid dienone is 4. The summed E-state index contributed by atoms with van der Waals surface area (Å²) >= 11 is 0. The van der Waals surface area contributed by atoms with Gasteiger partial charge in [0.1, 0.15) is 0 Å². The zero-order valence-corrected chi connectivity index (χ0v) is 13.7. The molecular formula is C18H30N2O2. The molecule has 2 aliphatic carbocycles. The fourth-order valence-corrected chi connectivity index (χ4v) is 3.75. The molecular weight excluding hydrogens is 276 g/mol. The van der Waals surface area contributed by atoms with Crippen molar-refractivity contribution < 1.29 is 4.92 Å². The van der Waals surface area contributed by atoms with E-state index in [1.807, 2.05) is 0 Å². The van der Waals surface area contributed by atoms with E-state index < -0.39 is 0 Å². The predicted molar refractivity (Wildman–Crippen MR) is 89.9 cm³/mol. The van der Waals surface area contributed by atoms with Gasteiger partial charge in [0.05, 0.1) is 4.92 Å². The summed E-state index contributed by atoms with van der Waals surface area (Å²) in [4.78, 5) is 11.5. The lowest BCUT2D eigenvalue weighted by Crippen LogP contribution is -2.11. The van der Waals surface area contributed by atoms with E-state index in [0.29, 0.717) is 12.1 Å². The second kappa shape index (κ2) is 8.96. The molecule has 0 aromatic carbocycles. The van der Waals surface area contributed by atoms with Crippen LogP contribution in [-0.4, -0.2) is 4.92 Å². The predicted octanol–water partition coefficient (Wildman–Crippen LogP) is 5.22. The Kier molecular flexibility index (Phi) is 6.94. The summed E-state index contributed by atoms with van der Waals surface area (Å²) in [6.45, 7) is 0. The first kappa shape index (κ1) is 17.0. The number of nitro groups is 1. The van der Waals surface area contributed by atoms with Crippen LogP contribution in [0.15, 0.2) is 22.5 Å². The van der Waals surface area contributed by atoms with Crippen LogP contribution < -0.4 is 5.73 Å². The summed E-state index contributed by atoms with van der Waals surface area (Å²) in [6, 6.07) is 0. The summed E-state index contributed by atoms with van der Waals surface area (Å²) in [7, 11) is 0. The van der Waals surface area contributed by atoms with Crippen molar-refractivity contribution in [2.45, 2.75) is 89.9 Å². The van der Waals surface area contributed by atoms with Crippen molar-refractivity contribution in [2.24, 2.45) is 5.73 Å². The molecule has 0 saturated carbocycles. The highest BCUT2D eigenvalue weighted by Gasteiger charge is 2.23. The molecule has 0 aromatic heterocycles. The molecule has 0 saturated heterocycles. The van der Waals surface area contributed by atoms with Crippen LogP contribution in [0.4, 0.5) is 0 Å². The van der Waals surface area contributed by atoms with Crippen LogP contribution in [0.1, 0.15) is 89.9 Å². The van der Waals surface area contributed by atoms with Gasteiger partial charge in [0.25, 0.3) is 0 Å². The molecule has 2 rings (SSSR count). The molecule has 4 nitrogen and oxygen atoms in total. The largest absolute Gasteiger partial charge is 0.402 e. The number of nitrogens with two attached hydrogens (primary N) is 1. The van der Waals surface area contributed by atoms with Crippen molar-refractivity contribution in [1.82, 2.24) is 0 Å². The zero-order valence-electron chi connectivity index (χ0n) is 13.7. The minimum absolute atomic E-state index is 0.131. The van der Waals surface area contributed by atoms with Crippen LogP contribution in [0.3, 0.4) is 0 Å². The number of hydrogen-bond donors (Lipinski definition) is 1. The smallest absolute Gasteiger partial charge is 0.249 e. The van der Waals surface area contributed by atoms with E-state index in [4.69, 9.17) is 5.73 Å². The molecule has 2 N–H and O–H groups in total. The zero-order chi connectivity index (χ0) is 15.8. The quantitative estimate of drug-likeness (QED) is 0.561. The Balaban J connectivity index is 2.36. The first-order chi connectivity index (χ1) is 10.7. The summed E-state index contributed by atoms with van der Waals surface area (Å²) in [6.07, 6.45) is 14.7. The van der Waals surface area contributed by atoms with E-state index in [9.17, 15) is 10.1 Å². The molecule has 4 heteroatoms. The highest BCUT2D eigenvalue weighted by Crippen LogP contribution is 2.33. The van der Waals surface area contributed by atoms with Crippen molar-refractivity contribution in [3.05, 3.63) is 32.7 Å². The fraction of sp³-hybridized carbons (Fsp3) is 0.778. The molecule has 0 bridgehead atoms. The number of nitrogens with zero attached hydrogens (tertiary/aromatic N) is 1. The van der Waals surface area contributed by atoms with Gasteiger partial charge in [-0.2, -0.15) is 0 Å². The van der Waals surface area contributed by atoms with Gasteiger partial charge in [0.2, 0.25) is 5.70 Å². The Morgan fingerprint density at radius 2 is 1.14 bits per heavy atom. The van der Waals surface area contributed by atoms with Gasteiger partial charge in [0, 0.05) is 17.7 Å². The molecule has 0 amide bonds. The summed E-state index contributed by atoms with van der Waals surface area (Å²) in [5.41, 5.74) is 9.87. The van der Waals surface area contributed by atoms with Crippen molar-refractivity contribution in [2.75, 3.05) is 0 Å². The lowest BCUT2D eigenvalue weighted by Gasteiger charge is -2.16. The Hall–Kier alpha value is -1.32. The lowest BCUT2D eigenvalue weighted by atomic mass is 9.91. The normalized spacial score (nSPS) is 26.2. The van der Waals surface area contributed by atoms with Gasteiger partial charge in [-0.1, -0.05) is 38.5 Å². The average Bonchev–Trinajstić information content (AvgIpc) is 2.67. The Morgan fingerprint density at radius 3 is 1.73 bits per heavy atom. The fourth-order valence-electron chi connectivity index (χ4n) is 3.75. The SMILES string of the molecule is N/C1=C(\C2=C([N+](=O)[O-])CCCCCCC2)CCCCCCC1. The summed E-state index contributed by atoms with van der Waals surface area (Å²) in [5.74, 6) is 0. The van der Waals surface area contributed by atoms with E-state index in [0.717, 1.165) is 68.2 Å². The third-order valence-corrected chi connectivity index (χ3v) is 5.03. The minimum atomic E-state index is -0.131. The van der Waals surface area contributed by atoms with Crippen LogP contribution in [0.25, 0.3) is 0 Å². The van der Waals surface area contributed by atoms with Crippen LogP contribution >= 0.6 is 0 Å². The first-order valence-corrected chi connectivity index (χ1v) is 9.04. The van der Waals surface area contributed by atoms with Crippen molar-refractivity contribution in [3.8, 4) is 0 Å². The van der Waals surface area contributed by atoms with Gasteiger partial charge in [0.15, 0.2) is 0 Å². The maximum atomic E-state index is 11.6. The van der Waals surface area contributed by atoms with Crippen molar-refractivity contribution in [1.29, 1.82) is 0 Å². The Bertz CT molecular complexity index is 452. The second-order valence-electron chi connectivity index (χ2n) is 6.72. The monoisotopic (exact) mass is 306 g/mol. The Labute approximate surface area is 134 Å². The maximum absolute atomic E-state index is 11.6. The van der Waals surface area contributed by atoms with E-state index in [2.05, 4.69) is 0 Å². The van der Waals surface area contributed by atoms with E-state index in [1.54, 1.807) is 0 Å². The van der Waals surface area contributed by atoms with Crippen LogP contribution in [-0.2, 0) is 0 Å². The molecule has 2 aliphatic rings. The van der Waals surface area contributed by atoms with Crippen LogP contribution in [0.2, 0.25) is 0 Å². The minimum Gasteiger partial charge on any atom is -0.402 e. The summed E-state index contributed by atoms with van der Waals surface area (Å²) in [5, 5.41) is 11.6. The van der Waals surface area contributed by atoms with Crippen molar-refractivity contribution >= 4 is 0 Å². The Morgan fingerprint density at radius 1 is 0.682 bits per heavy atom. The van der Waals surface area contributed by atoms with Gasteiger partial charge >= 0.3 is 0 Å². The maximum Gasteiger partial charge on any atom is 0.249 e. The van der Waals surface area contributed by atoms with E-state index >= 15 is 0 Å². The molecule has 0 fully saturated rings. The molecule has 0 aromatic rings. The van der Waals surface area contributed by atoms with E-state index in [-0.39, 0.29) is 4.92 Å². The molecule has 0 atom stereocenters. The van der Waals surface area contributed by atoms with Gasteiger partial charge < -0.3 is 5.73 Å². The third kappa shape index (κ3) is 4.85. The standard InChI is InChI=1S/C18H30N2O2/c19-17-13-9-5-1-3-7-11-15(17)16-12-8-4-2-6-10-14-18(16)20(21)22/h1-14,19H2/b17-15-,18-16?. The molecule has 22 heavy (non-hydrogen) atoms. The molecule has 0 unspecified atom stereocenters. The van der Waals surface area contributed by atoms with Crippen LogP contribution in [0, 0.1) is 10.1 Å². The second-order valence-corrected chi connectivity index (χ2v) is 6.72. The van der Waals surface area contributed by atoms with Gasteiger partial charge in [-0.3, -0.25) is 10.1 Å². The molecule has 0 aliphatic heterocycles. The molecule has 0 spiro atoms. The van der Waals surface area contributed by atoms with Crippen LogP contribution in [0.5, 0.6) is 0 Å². The number of rotatable bonds is 2. The molecule has 124 valence electrons. The van der Waals surface area contributed by atoms with Crippen molar-refractivity contribution in [3.63, 3.8) is 0 Å². The highest BCUT2D eigenvalue weighted by atomic mass is 16.6. The highest BCUT2D eigenvalue weighted by molar-refractivity contribution is 5.36. The van der Waals surface area contributed by atoms with Gasteiger partial charge in [-0.15, -0.1) is 0 Å².